The van der Waals surface area contributed by atoms with E-state index in [1.165, 1.54) is 36.7 Å². The Bertz CT molecular complexity index is 1480. The highest BCUT2D eigenvalue weighted by Gasteiger charge is 2.35. The van der Waals surface area contributed by atoms with Crippen LogP contribution in [0.25, 0.3) is 21.1 Å². The van der Waals surface area contributed by atoms with Crippen LogP contribution in [0.5, 0.6) is 5.75 Å². The average molecular weight is 487 g/mol. The maximum atomic E-state index is 13.4. The normalized spacial score (nSPS) is 13.2. The smallest absolute Gasteiger partial charge is 0.344 e. The summed E-state index contributed by atoms with van der Waals surface area (Å²) in [6.07, 6.45) is 0.0922. The molecule has 0 fully saturated rings. The number of nitrogens with one attached hydrogen (secondary N) is 1. The number of anilines is 2. The first-order valence-corrected chi connectivity index (χ1v) is 12.4. The maximum absolute atomic E-state index is 13.4. The zero-order valence-corrected chi connectivity index (χ0v) is 20.0. The standard InChI is InChI=1S/C22H22N4O5S2/c1-12(21(27)28)31-17-9-15-14(8-19(17)33(29,30)22(2,3)4)20(24-10-23-15)26-13-5-6-18-16(7-13)25-11-32-18/h5-12H,1-4H3,(H,27,28)(H,23,24,26). The average Bonchev–Trinajstić information content (AvgIpc) is 3.20. The van der Waals surface area contributed by atoms with Crippen LogP contribution in [0.15, 0.2) is 47.1 Å². The molecule has 0 spiro atoms. The SMILES string of the molecule is CC(Oc1cc2ncnc(Nc3ccc4scnc4c3)c2cc1S(=O)(=O)C(C)(C)C)C(=O)O. The van der Waals surface area contributed by atoms with Gasteiger partial charge in [-0.25, -0.2) is 28.2 Å². The van der Waals surface area contributed by atoms with Crippen molar-refractivity contribution in [2.24, 2.45) is 0 Å². The van der Waals surface area contributed by atoms with E-state index in [1.807, 2.05) is 18.2 Å². The molecular weight excluding hydrogens is 464 g/mol. The van der Waals surface area contributed by atoms with E-state index in [0.717, 1.165) is 15.9 Å². The van der Waals surface area contributed by atoms with Crippen LogP contribution in [-0.2, 0) is 14.6 Å². The molecule has 33 heavy (non-hydrogen) atoms. The van der Waals surface area contributed by atoms with Crippen molar-refractivity contribution in [1.82, 2.24) is 15.0 Å². The summed E-state index contributed by atoms with van der Waals surface area (Å²) >= 11 is 1.53. The van der Waals surface area contributed by atoms with Crippen molar-refractivity contribution >= 4 is 59.8 Å². The predicted octanol–water partition coefficient (Wildman–Crippen LogP) is 4.41. The van der Waals surface area contributed by atoms with Crippen molar-refractivity contribution < 1.29 is 23.1 Å². The number of carboxylic acid groups (broad SMARTS) is 1. The molecule has 2 aromatic heterocycles. The summed E-state index contributed by atoms with van der Waals surface area (Å²) in [5.74, 6) is -0.879. The summed E-state index contributed by atoms with van der Waals surface area (Å²) in [5.41, 5.74) is 3.73. The third-order valence-corrected chi connectivity index (χ3v) is 8.36. The molecule has 2 aromatic carbocycles. The van der Waals surface area contributed by atoms with E-state index in [1.54, 1.807) is 26.3 Å². The molecule has 2 N–H and O–H groups in total. The third-order valence-electron chi connectivity index (χ3n) is 5.04. The van der Waals surface area contributed by atoms with Crippen molar-refractivity contribution in [3.8, 4) is 5.75 Å². The van der Waals surface area contributed by atoms with Crippen LogP contribution in [-0.4, -0.2) is 45.3 Å². The summed E-state index contributed by atoms with van der Waals surface area (Å²) in [7, 11) is -3.89. The lowest BCUT2D eigenvalue weighted by Crippen LogP contribution is -2.30. The van der Waals surface area contributed by atoms with Gasteiger partial charge in [-0.2, -0.15) is 0 Å². The number of rotatable bonds is 6. The highest BCUT2D eigenvalue weighted by atomic mass is 32.2. The van der Waals surface area contributed by atoms with E-state index in [9.17, 15) is 18.3 Å². The van der Waals surface area contributed by atoms with Gasteiger partial charge in [-0.15, -0.1) is 11.3 Å². The minimum absolute atomic E-state index is 0.0686. The van der Waals surface area contributed by atoms with Gasteiger partial charge in [0.25, 0.3) is 0 Å². The second-order valence-electron chi connectivity index (χ2n) is 8.41. The van der Waals surface area contributed by atoms with Gasteiger partial charge < -0.3 is 15.2 Å². The molecule has 0 saturated heterocycles. The summed E-state index contributed by atoms with van der Waals surface area (Å²) in [5, 5.41) is 12.9. The van der Waals surface area contributed by atoms with Crippen LogP contribution in [0.3, 0.4) is 0 Å². The molecule has 0 bridgehead atoms. The van der Waals surface area contributed by atoms with Crippen LogP contribution in [0.4, 0.5) is 11.5 Å². The molecule has 1 atom stereocenters. The van der Waals surface area contributed by atoms with E-state index in [0.29, 0.717) is 16.7 Å². The predicted molar refractivity (Wildman–Crippen MR) is 127 cm³/mol. The first-order valence-electron chi connectivity index (χ1n) is 10.0. The Hall–Kier alpha value is -3.31. The van der Waals surface area contributed by atoms with Gasteiger partial charge in [0.15, 0.2) is 15.9 Å². The Morgan fingerprint density at radius 3 is 2.58 bits per heavy atom. The molecule has 0 radical (unpaired) electrons. The number of aromatic nitrogens is 3. The first kappa shape index (κ1) is 22.9. The summed E-state index contributed by atoms with van der Waals surface area (Å²) in [6, 6.07) is 8.56. The fourth-order valence-electron chi connectivity index (χ4n) is 3.11. The van der Waals surface area contributed by atoms with Crippen LogP contribution in [0, 0.1) is 0 Å². The zero-order valence-electron chi connectivity index (χ0n) is 18.4. The lowest BCUT2D eigenvalue weighted by Gasteiger charge is -2.23. The molecule has 4 aromatic rings. The molecule has 9 nitrogen and oxygen atoms in total. The quantitative estimate of drug-likeness (QED) is 0.407. The summed E-state index contributed by atoms with van der Waals surface area (Å²) in [4.78, 5) is 24.1. The molecule has 0 aliphatic carbocycles. The molecular formula is C22H22N4O5S2. The minimum Gasteiger partial charge on any atom is -0.479 e. The number of benzene rings is 2. The van der Waals surface area contributed by atoms with Crippen LogP contribution < -0.4 is 10.1 Å². The van der Waals surface area contributed by atoms with Gasteiger partial charge in [0.05, 0.1) is 26.0 Å². The number of carbonyl (C=O) groups is 1. The summed E-state index contributed by atoms with van der Waals surface area (Å²) in [6.45, 7) is 6.05. The lowest BCUT2D eigenvalue weighted by atomic mass is 10.2. The number of hydrogen-bond donors (Lipinski definition) is 2. The maximum Gasteiger partial charge on any atom is 0.344 e. The van der Waals surface area contributed by atoms with E-state index < -0.39 is 26.7 Å². The van der Waals surface area contributed by atoms with Gasteiger partial charge in [0.2, 0.25) is 0 Å². The molecule has 0 aliphatic heterocycles. The van der Waals surface area contributed by atoms with Crippen molar-refractivity contribution in [2.75, 3.05) is 5.32 Å². The number of ether oxygens (including phenoxy) is 1. The Morgan fingerprint density at radius 2 is 1.88 bits per heavy atom. The van der Waals surface area contributed by atoms with Gasteiger partial charge in [0, 0.05) is 17.1 Å². The second-order valence-corrected chi connectivity index (χ2v) is 12.0. The Balaban J connectivity index is 1.88. The number of thiazole rings is 1. The largest absolute Gasteiger partial charge is 0.479 e. The highest BCUT2D eigenvalue weighted by molar-refractivity contribution is 7.92. The van der Waals surface area contributed by atoms with E-state index in [-0.39, 0.29) is 10.6 Å². The fourth-order valence-corrected chi connectivity index (χ4v) is 5.07. The van der Waals surface area contributed by atoms with Crippen molar-refractivity contribution in [3.63, 3.8) is 0 Å². The fraction of sp³-hybridized carbons (Fsp3) is 0.273. The molecule has 0 aliphatic rings. The van der Waals surface area contributed by atoms with Gasteiger partial charge in [-0.05, 0) is 52.0 Å². The number of fused-ring (bicyclic) bond motifs is 2. The number of nitrogens with zero attached hydrogens (tertiary/aromatic N) is 3. The molecule has 0 saturated carbocycles. The van der Waals surface area contributed by atoms with Gasteiger partial charge in [-0.1, -0.05) is 0 Å². The zero-order chi connectivity index (χ0) is 24.0. The number of carboxylic acids is 1. The molecule has 2 heterocycles. The van der Waals surface area contributed by atoms with E-state index >= 15 is 0 Å². The summed E-state index contributed by atoms with van der Waals surface area (Å²) < 4.78 is 32.1. The molecule has 172 valence electrons. The minimum atomic E-state index is -3.89. The van der Waals surface area contributed by atoms with Crippen molar-refractivity contribution in [2.45, 2.75) is 43.4 Å². The highest BCUT2D eigenvalue weighted by Crippen LogP contribution is 2.37. The van der Waals surface area contributed by atoms with Gasteiger partial charge >= 0.3 is 5.97 Å². The van der Waals surface area contributed by atoms with E-state index in [2.05, 4.69) is 20.3 Å². The Labute approximate surface area is 194 Å². The van der Waals surface area contributed by atoms with E-state index in [4.69, 9.17) is 4.74 Å². The molecule has 0 amide bonds. The molecule has 1 unspecified atom stereocenters. The van der Waals surface area contributed by atoms with Crippen LogP contribution in [0.2, 0.25) is 0 Å². The second kappa shape index (κ2) is 8.23. The first-order chi connectivity index (χ1) is 15.5. The topological polar surface area (TPSA) is 131 Å². The molecule has 11 heteroatoms. The lowest BCUT2D eigenvalue weighted by molar-refractivity contribution is -0.144. The third kappa shape index (κ3) is 4.33. The molecule has 4 rings (SSSR count). The Kier molecular flexibility index (Phi) is 5.71. The Morgan fingerprint density at radius 1 is 1.12 bits per heavy atom. The monoisotopic (exact) mass is 486 g/mol. The number of hydrogen-bond acceptors (Lipinski definition) is 9. The number of aliphatic carboxylic acids is 1. The van der Waals surface area contributed by atoms with Crippen molar-refractivity contribution in [3.05, 3.63) is 42.2 Å². The van der Waals surface area contributed by atoms with Crippen LogP contribution >= 0.6 is 11.3 Å². The van der Waals surface area contributed by atoms with Gasteiger partial charge in [-0.3, -0.25) is 0 Å². The van der Waals surface area contributed by atoms with Crippen LogP contribution in [0.1, 0.15) is 27.7 Å². The van der Waals surface area contributed by atoms with Crippen molar-refractivity contribution in [1.29, 1.82) is 0 Å². The van der Waals surface area contributed by atoms with Gasteiger partial charge in [0.1, 0.15) is 22.8 Å². The number of sulfone groups is 1.